The van der Waals surface area contributed by atoms with E-state index >= 15 is 0 Å². The second-order valence-electron chi connectivity index (χ2n) is 3.88. The van der Waals surface area contributed by atoms with Gasteiger partial charge in [0.05, 0.1) is 10.6 Å². The molecule has 15 heavy (non-hydrogen) atoms. The number of benzene rings is 1. The standard InChI is InChI=1S/C10H16N2O2S/c1-12(2)7-8-4-5-10(9(11)6-8)15(3,13)14/h4-6H,7,11H2,1-3H3. The molecule has 0 aliphatic rings. The van der Waals surface area contributed by atoms with Crippen molar-refractivity contribution in [2.24, 2.45) is 0 Å². The molecular formula is C10H16N2O2S. The van der Waals surface area contributed by atoms with Crippen molar-refractivity contribution in [3.8, 4) is 0 Å². The van der Waals surface area contributed by atoms with Crippen LogP contribution >= 0.6 is 0 Å². The normalized spacial score (nSPS) is 12.0. The molecule has 0 aliphatic heterocycles. The molecule has 84 valence electrons. The molecule has 0 spiro atoms. The van der Waals surface area contributed by atoms with E-state index in [2.05, 4.69) is 0 Å². The maximum atomic E-state index is 11.3. The molecule has 0 bridgehead atoms. The first-order valence-corrected chi connectivity index (χ1v) is 6.43. The lowest BCUT2D eigenvalue weighted by molar-refractivity contribution is 0.402. The summed E-state index contributed by atoms with van der Waals surface area (Å²) >= 11 is 0. The predicted molar refractivity (Wildman–Crippen MR) is 61.4 cm³/mol. The number of anilines is 1. The van der Waals surface area contributed by atoms with Crippen LogP contribution < -0.4 is 5.73 Å². The van der Waals surface area contributed by atoms with Crippen molar-refractivity contribution in [2.45, 2.75) is 11.4 Å². The molecule has 0 saturated carbocycles. The molecule has 4 nitrogen and oxygen atoms in total. The van der Waals surface area contributed by atoms with E-state index in [0.717, 1.165) is 18.4 Å². The topological polar surface area (TPSA) is 63.4 Å². The number of rotatable bonds is 3. The third-order valence-electron chi connectivity index (χ3n) is 1.97. The first-order chi connectivity index (χ1) is 6.80. The lowest BCUT2D eigenvalue weighted by Crippen LogP contribution is -2.11. The molecule has 0 fully saturated rings. The summed E-state index contributed by atoms with van der Waals surface area (Å²) in [6.45, 7) is 0.744. The molecule has 0 amide bonds. The number of nitrogens with two attached hydrogens (primary N) is 1. The molecule has 2 N–H and O–H groups in total. The van der Waals surface area contributed by atoms with Crippen molar-refractivity contribution in [3.63, 3.8) is 0 Å². The van der Waals surface area contributed by atoms with Crippen LogP contribution in [-0.2, 0) is 16.4 Å². The van der Waals surface area contributed by atoms with Gasteiger partial charge in [-0.3, -0.25) is 0 Å². The van der Waals surface area contributed by atoms with Crippen LogP contribution in [0.5, 0.6) is 0 Å². The molecule has 1 aromatic carbocycles. The van der Waals surface area contributed by atoms with Crippen molar-refractivity contribution >= 4 is 15.5 Å². The second kappa shape index (κ2) is 4.20. The van der Waals surface area contributed by atoms with Crippen LogP contribution in [0.4, 0.5) is 5.69 Å². The molecule has 0 atom stereocenters. The van der Waals surface area contributed by atoms with E-state index in [4.69, 9.17) is 5.73 Å². The summed E-state index contributed by atoms with van der Waals surface area (Å²) in [6.07, 6.45) is 1.16. The first kappa shape index (κ1) is 12.0. The van der Waals surface area contributed by atoms with Crippen LogP contribution in [0.3, 0.4) is 0 Å². The fourth-order valence-electron chi connectivity index (χ4n) is 1.40. The second-order valence-corrected chi connectivity index (χ2v) is 5.87. The zero-order valence-corrected chi connectivity index (χ0v) is 10.0. The highest BCUT2D eigenvalue weighted by Crippen LogP contribution is 2.19. The van der Waals surface area contributed by atoms with Crippen molar-refractivity contribution in [1.29, 1.82) is 0 Å². The molecule has 1 aromatic rings. The van der Waals surface area contributed by atoms with E-state index in [1.54, 1.807) is 18.2 Å². The Hall–Kier alpha value is -1.07. The summed E-state index contributed by atoms with van der Waals surface area (Å²) in [5, 5.41) is 0. The minimum atomic E-state index is -3.22. The Balaban J connectivity index is 3.09. The molecule has 0 radical (unpaired) electrons. The Morgan fingerprint density at radius 2 is 1.93 bits per heavy atom. The summed E-state index contributed by atoms with van der Waals surface area (Å²) in [5.41, 5.74) is 7.01. The number of sulfone groups is 1. The Morgan fingerprint density at radius 3 is 2.33 bits per heavy atom. The van der Waals surface area contributed by atoms with Gasteiger partial charge in [0.2, 0.25) is 0 Å². The lowest BCUT2D eigenvalue weighted by Gasteiger charge is -2.11. The van der Waals surface area contributed by atoms with E-state index in [9.17, 15) is 8.42 Å². The van der Waals surface area contributed by atoms with E-state index in [0.29, 0.717) is 5.69 Å². The Labute approximate surface area is 90.6 Å². The molecule has 0 unspecified atom stereocenters. The summed E-state index contributed by atoms with van der Waals surface area (Å²) in [5.74, 6) is 0. The zero-order valence-electron chi connectivity index (χ0n) is 9.19. The highest BCUT2D eigenvalue weighted by molar-refractivity contribution is 7.90. The maximum Gasteiger partial charge on any atom is 0.177 e. The van der Waals surface area contributed by atoms with Gasteiger partial charge in [0.25, 0.3) is 0 Å². The molecular weight excluding hydrogens is 212 g/mol. The highest BCUT2D eigenvalue weighted by Gasteiger charge is 2.11. The number of hydrogen-bond donors (Lipinski definition) is 1. The van der Waals surface area contributed by atoms with E-state index in [-0.39, 0.29) is 4.90 Å². The van der Waals surface area contributed by atoms with Gasteiger partial charge in [-0.05, 0) is 31.8 Å². The monoisotopic (exact) mass is 228 g/mol. The minimum Gasteiger partial charge on any atom is -0.398 e. The van der Waals surface area contributed by atoms with Gasteiger partial charge in [-0.1, -0.05) is 6.07 Å². The summed E-state index contributed by atoms with van der Waals surface area (Å²) < 4.78 is 22.6. The van der Waals surface area contributed by atoms with Crippen LogP contribution in [0.2, 0.25) is 0 Å². The largest absolute Gasteiger partial charge is 0.398 e. The van der Waals surface area contributed by atoms with Gasteiger partial charge in [0.15, 0.2) is 9.84 Å². The number of hydrogen-bond acceptors (Lipinski definition) is 4. The molecule has 1 rings (SSSR count). The van der Waals surface area contributed by atoms with Crippen molar-refractivity contribution in [1.82, 2.24) is 4.90 Å². The molecule has 0 aromatic heterocycles. The molecule has 0 aliphatic carbocycles. The van der Waals surface area contributed by atoms with E-state index < -0.39 is 9.84 Å². The van der Waals surface area contributed by atoms with Crippen LogP contribution in [0.25, 0.3) is 0 Å². The fraction of sp³-hybridized carbons (Fsp3) is 0.400. The molecule has 5 heteroatoms. The summed E-state index contributed by atoms with van der Waals surface area (Å²) in [6, 6.07) is 5.05. The third-order valence-corrected chi connectivity index (χ3v) is 3.14. The van der Waals surface area contributed by atoms with Crippen LogP contribution in [0, 0.1) is 0 Å². The maximum absolute atomic E-state index is 11.3. The average Bonchev–Trinajstić information content (AvgIpc) is 1.99. The number of nitrogen functional groups attached to an aromatic ring is 1. The van der Waals surface area contributed by atoms with Crippen molar-refractivity contribution < 1.29 is 8.42 Å². The molecule has 0 heterocycles. The minimum absolute atomic E-state index is 0.199. The predicted octanol–water partition coefficient (Wildman–Crippen LogP) is 0.734. The fourth-order valence-corrected chi connectivity index (χ4v) is 2.20. The van der Waals surface area contributed by atoms with E-state index in [1.807, 2.05) is 19.0 Å². The van der Waals surface area contributed by atoms with Gasteiger partial charge in [-0.15, -0.1) is 0 Å². The van der Waals surface area contributed by atoms with Gasteiger partial charge in [-0.2, -0.15) is 0 Å². The third kappa shape index (κ3) is 3.21. The SMILES string of the molecule is CN(C)Cc1ccc(S(C)(=O)=O)c(N)c1. The van der Waals surface area contributed by atoms with Crippen molar-refractivity contribution in [3.05, 3.63) is 23.8 Å². The van der Waals surface area contributed by atoms with Gasteiger partial charge < -0.3 is 10.6 Å². The van der Waals surface area contributed by atoms with Gasteiger partial charge in [0, 0.05) is 12.8 Å². The molecule has 0 saturated heterocycles. The number of nitrogens with zero attached hydrogens (tertiary/aromatic N) is 1. The Kier molecular flexibility index (Phi) is 3.36. The van der Waals surface area contributed by atoms with E-state index in [1.165, 1.54) is 0 Å². The smallest absolute Gasteiger partial charge is 0.177 e. The lowest BCUT2D eigenvalue weighted by atomic mass is 10.2. The Bertz CT molecular complexity index is 452. The van der Waals surface area contributed by atoms with Crippen molar-refractivity contribution in [2.75, 3.05) is 26.1 Å². The zero-order chi connectivity index (χ0) is 11.6. The van der Waals surface area contributed by atoms with Crippen LogP contribution in [0.1, 0.15) is 5.56 Å². The quantitative estimate of drug-likeness (QED) is 0.775. The van der Waals surface area contributed by atoms with Crippen LogP contribution in [-0.4, -0.2) is 33.7 Å². The van der Waals surface area contributed by atoms with Gasteiger partial charge in [0.1, 0.15) is 0 Å². The van der Waals surface area contributed by atoms with Gasteiger partial charge in [-0.25, -0.2) is 8.42 Å². The summed E-state index contributed by atoms with van der Waals surface area (Å²) in [7, 11) is 0.673. The van der Waals surface area contributed by atoms with Crippen LogP contribution in [0.15, 0.2) is 23.1 Å². The first-order valence-electron chi connectivity index (χ1n) is 4.54. The van der Waals surface area contributed by atoms with Gasteiger partial charge >= 0.3 is 0 Å². The Morgan fingerprint density at radius 1 is 1.33 bits per heavy atom. The average molecular weight is 228 g/mol. The highest BCUT2D eigenvalue weighted by atomic mass is 32.2. The summed E-state index contributed by atoms with van der Waals surface area (Å²) in [4.78, 5) is 2.19.